The van der Waals surface area contributed by atoms with Crippen molar-refractivity contribution in [3.8, 4) is 17.0 Å². The molecule has 0 N–H and O–H groups in total. The van der Waals surface area contributed by atoms with Crippen molar-refractivity contribution in [2.45, 2.75) is 32.6 Å². The standard InChI is InChI=1S/C20H24FN5O/c1-15-12-16(14-23-19(15)21)17-13-18(24-26-10-6-22-20(17)26)27-11-5-9-25-7-3-2-4-8-25/h6,10,12-14H,2-5,7-9,11H2,1H3. The lowest BCUT2D eigenvalue weighted by Gasteiger charge is -2.26. The molecule has 0 aliphatic carbocycles. The molecule has 4 heterocycles. The first kappa shape index (κ1) is 17.9. The van der Waals surface area contributed by atoms with Gasteiger partial charge < -0.3 is 9.64 Å². The Kier molecular flexibility index (Phi) is 5.29. The molecule has 142 valence electrons. The SMILES string of the molecule is Cc1cc(-c2cc(OCCCN3CCCCC3)nn3ccnc23)cnc1F. The largest absolute Gasteiger partial charge is 0.477 e. The topological polar surface area (TPSA) is 55.5 Å². The monoisotopic (exact) mass is 369 g/mol. The molecule has 27 heavy (non-hydrogen) atoms. The van der Waals surface area contributed by atoms with Crippen molar-refractivity contribution in [1.82, 2.24) is 24.5 Å². The third kappa shape index (κ3) is 4.08. The number of rotatable bonds is 6. The maximum atomic E-state index is 13.5. The van der Waals surface area contributed by atoms with Crippen LogP contribution in [0.1, 0.15) is 31.2 Å². The van der Waals surface area contributed by atoms with Crippen LogP contribution in [0.3, 0.4) is 0 Å². The molecule has 7 heteroatoms. The molecule has 0 atom stereocenters. The van der Waals surface area contributed by atoms with Gasteiger partial charge in [-0.3, -0.25) is 0 Å². The van der Waals surface area contributed by atoms with Gasteiger partial charge in [0.1, 0.15) is 0 Å². The van der Waals surface area contributed by atoms with Gasteiger partial charge in [-0.15, -0.1) is 5.10 Å². The molecule has 1 aliphatic heterocycles. The third-order valence-corrected chi connectivity index (χ3v) is 4.98. The summed E-state index contributed by atoms with van der Waals surface area (Å²) in [7, 11) is 0. The van der Waals surface area contributed by atoms with Crippen LogP contribution in [-0.2, 0) is 0 Å². The lowest BCUT2D eigenvalue weighted by Crippen LogP contribution is -2.31. The predicted molar refractivity (Wildman–Crippen MR) is 101 cm³/mol. The number of likely N-dealkylation sites (tertiary alicyclic amines) is 1. The molecule has 0 amide bonds. The van der Waals surface area contributed by atoms with Gasteiger partial charge in [0.15, 0.2) is 5.65 Å². The molecule has 0 unspecified atom stereocenters. The molecule has 0 saturated carbocycles. The van der Waals surface area contributed by atoms with Gasteiger partial charge in [-0.1, -0.05) is 6.42 Å². The van der Waals surface area contributed by atoms with Gasteiger partial charge in [-0.25, -0.2) is 14.5 Å². The van der Waals surface area contributed by atoms with Crippen molar-refractivity contribution < 1.29 is 9.13 Å². The molecular formula is C20H24FN5O. The van der Waals surface area contributed by atoms with Gasteiger partial charge in [0.2, 0.25) is 11.8 Å². The zero-order valence-electron chi connectivity index (χ0n) is 15.6. The van der Waals surface area contributed by atoms with E-state index in [2.05, 4.69) is 20.0 Å². The molecule has 0 spiro atoms. The molecule has 1 fully saturated rings. The summed E-state index contributed by atoms with van der Waals surface area (Å²) in [6, 6.07) is 3.63. The molecule has 1 saturated heterocycles. The second-order valence-electron chi connectivity index (χ2n) is 7.03. The lowest BCUT2D eigenvalue weighted by molar-refractivity contribution is 0.202. The Hall–Kier alpha value is -2.54. The highest BCUT2D eigenvalue weighted by Gasteiger charge is 2.13. The average molecular weight is 369 g/mol. The molecular weight excluding hydrogens is 345 g/mol. The van der Waals surface area contributed by atoms with Crippen LogP contribution >= 0.6 is 0 Å². The van der Waals surface area contributed by atoms with E-state index in [0.29, 0.717) is 23.7 Å². The zero-order chi connectivity index (χ0) is 18.6. The molecule has 6 nitrogen and oxygen atoms in total. The number of ether oxygens (including phenoxy) is 1. The van der Waals surface area contributed by atoms with Gasteiger partial charge in [0.05, 0.1) is 6.61 Å². The van der Waals surface area contributed by atoms with E-state index in [4.69, 9.17) is 4.74 Å². The smallest absolute Gasteiger partial charge is 0.232 e. The van der Waals surface area contributed by atoms with Crippen molar-refractivity contribution in [1.29, 1.82) is 0 Å². The first-order valence-electron chi connectivity index (χ1n) is 9.53. The molecule has 0 aromatic carbocycles. The number of halogens is 1. The van der Waals surface area contributed by atoms with E-state index in [1.807, 2.05) is 6.07 Å². The number of imidazole rings is 1. The molecule has 3 aromatic heterocycles. The first-order valence-corrected chi connectivity index (χ1v) is 9.53. The van der Waals surface area contributed by atoms with E-state index < -0.39 is 5.95 Å². The van der Waals surface area contributed by atoms with Crippen molar-refractivity contribution >= 4 is 5.65 Å². The van der Waals surface area contributed by atoms with Crippen LogP contribution < -0.4 is 4.74 Å². The summed E-state index contributed by atoms with van der Waals surface area (Å²) in [6.45, 7) is 5.76. The number of hydrogen-bond donors (Lipinski definition) is 0. The molecule has 3 aromatic rings. The normalized spacial score (nSPS) is 15.3. The van der Waals surface area contributed by atoms with E-state index in [1.165, 1.54) is 38.5 Å². The fourth-order valence-corrected chi connectivity index (χ4v) is 3.53. The Morgan fingerprint density at radius 3 is 2.81 bits per heavy atom. The number of aryl methyl sites for hydroxylation is 1. The second kappa shape index (κ2) is 8.00. The van der Waals surface area contributed by atoms with E-state index in [9.17, 15) is 4.39 Å². The van der Waals surface area contributed by atoms with Crippen molar-refractivity contribution in [2.75, 3.05) is 26.2 Å². The summed E-state index contributed by atoms with van der Waals surface area (Å²) in [4.78, 5) is 10.7. The Morgan fingerprint density at radius 1 is 1.15 bits per heavy atom. The van der Waals surface area contributed by atoms with Crippen LogP contribution in [0, 0.1) is 12.9 Å². The Bertz CT molecular complexity index is 920. The van der Waals surface area contributed by atoms with Gasteiger partial charge in [-0.05, 0) is 45.3 Å². The van der Waals surface area contributed by atoms with Crippen LogP contribution in [0.2, 0.25) is 0 Å². The summed E-state index contributed by atoms with van der Waals surface area (Å²) >= 11 is 0. The summed E-state index contributed by atoms with van der Waals surface area (Å²) < 4.78 is 21.1. The number of fused-ring (bicyclic) bond motifs is 1. The highest BCUT2D eigenvalue weighted by Crippen LogP contribution is 2.27. The number of hydrogen-bond acceptors (Lipinski definition) is 5. The average Bonchev–Trinajstić information content (AvgIpc) is 3.16. The van der Waals surface area contributed by atoms with Crippen molar-refractivity contribution in [2.24, 2.45) is 0 Å². The Morgan fingerprint density at radius 2 is 2.00 bits per heavy atom. The van der Waals surface area contributed by atoms with Gasteiger partial charge in [0, 0.05) is 47.9 Å². The van der Waals surface area contributed by atoms with Crippen molar-refractivity contribution in [3.63, 3.8) is 0 Å². The summed E-state index contributed by atoms with van der Waals surface area (Å²) in [5.74, 6) is 0.0810. The number of pyridine rings is 1. The van der Waals surface area contributed by atoms with E-state index in [1.54, 1.807) is 29.9 Å². The highest BCUT2D eigenvalue weighted by atomic mass is 19.1. The van der Waals surface area contributed by atoms with Crippen LogP contribution in [-0.4, -0.2) is 50.7 Å². The van der Waals surface area contributed by atoms with Gasteiger partial charge in [0.25, 0.3) is 0 Å². The molecule has 1 aliphatic rings. The summed E-state index contributed by atoms with van der Waals surface area (Å²) in [5.41, 5.74) is 2.82. The number of aromatic nitrogens is 4. The minimum Gasteiger partial charge on any atom is -0.477 e. The molecule has 4 rings (SSSR count). The third-order valence-electron chi connectivity index (χ3n) is 4.98. The minimum absolute atomic E-state index is 0.457. The maximum absolute atomic E-state index is 13.5. The predicted octanol–water partition coefficient (Wildman–Crippen LogP) is 3.49. The quantitative estimate of drug-likeness (QED) is 0.492. The lowest BCUT2D eigenvalue weighted by atomic mass is 10.1. The summed E-state index contributed by atoms with van der Waals surface area (Å²) in [6.07, 6.45) is 9.91. The second-order valence-corrected chi connectivity index (χ2v) is 7.03. The van der Waals surface area contributed by atoms with E-state index in [-0.39, 0.29) is 0 Å². The Labute approximate surface area is 158 Å². The van der Waals surface area contributed by atoms with E-state index >= 15 is 0 Å². The maximum Gasteiger partial charge on any atom is 0.232 e. The highest BCUT2D eigenvalue weighted by molar-refractivity contribution is 5.77. The fraction of sp³-hybridized carbons (Fsp3) is 0.450. The first-order chi connectivity index (χ1) is 13.2. The fourth-order valence-electron chi connectivity index (χ4n) is 3.53. The van der Waals surface area contributed by atoms with Crippen LogP contribution in [0.4, 0.5) is 4.39 Å². The van der Waals surface area contributed by atoms with Crippen LogP contribution in [0.5, 0.6) is 5.88 Å². The zero-order valence-corrected chi connectivity index (χ0v) is 15.6. The Balaban J connectivity index is 1.49. The van der Waals surface area contributed by atoms with Gasteiger partial charge in [-0.2, -0.15) is 4.39 Å². The minimum atomic E-state index is -0.457. The molecule has 0 radical (unpaired) electrons. The van der Waals surface area contributed by atoms with Crippen molar-refractivity contribution in [3.05, 3.63) is 42.2 Å². The van der Waals surface area contributed by atoms with Gasteiger partial charge >= 0.3 is 0 Å². The number of nitrogens with zero attached hydrogens (tertiary/aromatic N) is 5. The summed E-state index contributed by atoms with van der Waals surface area (Å²) in [5, 5.41) is 4.47. The van der Waals surface area contributed by atoms with Crippen LogP contribution in [0.25, 0.3) is 16.8 Å². The molecule has 0 bridgehead atoms. The van der Waals surface area contributed by atoms with Crippen LogP contribution in [0.15, 0.2) is 30.7 Å². The number of piperidine rings is 1. The van der Waals surface area contributed by atoms with E-state index in [0.717, 1.165) is 24.1 Å².